The second-order valence-electron chi connectivity index (χ2n) is 3.65. The fourth-order valence-electron chi connectivity index (χ4n) is 1.95. The zero-order valence-electron chi connectivity index (χ0n) is 8.99. The Balaban J connectivity index is 2.01. The molecule has 0 amide bonds. The van der Waals surface area contributed by atoms with Crippen molar-refractivity contribution < 1.29 is 14.2 Å². The third-order valence-electron chi connectivity index (χ3n) is 2.72. The minimum atomic E-state index is 0.296. The Kier molecular flexibility index (Phi) is 2.57. The van der Waals surface area contributed by atoms with Gasteiger partial charge in [0.2, 0.25) is 6.79 Å². The summed E-state index contributed by atoms with van der Waals surface area (Å²) in [6.07, 6.45) is 0. The van der Waals surface area contributed by atoms with Gasteiger partial charge in [-0.2, -0.15) is 0 Å². The Hall–Kier alpha value is -1.07. The number of methoxy groups -OCH3 is 1. The first-order valence-corrected chi connectivity index (χ1v) is 6.26. The van der Waals surface area contributed by atoms with E-state index >= 15 is 0 Å². The number of thioether (sulfide) groups is 1. The maximum atomic E-state index is 5.39. The molecule has 2 aliphatic rings. The van der Waals surface area contributed by atoms with Crippen LogP contribution in [0, 0.1) is 0 Å². The number of fused-ring (bicyclic) bond motifs is 1. The van der Waals surface area contributed by atoms with E-state index in [-0.39, 0.29) is 0 Å². The van der Waals surface area contributed by atoms with Crippen LogP contribution in [-0.4, -0.2) is 26.2 Å². The second kappa shape index (κ2) is 4.07. The Labute approximate surface area is 98.3 Å². The molecule has 0 bridgehead atoms. The van der Waals surface area contributed by atoms with Crippen molar-refractivity contribution in [2.45, 2.75) is 5.37 Å². The molecule has 3 rings (SSSR count). The van der Waals surface area contributed by atoms with Crippen LogP contribution in [0.1, 0.15) is 10.9 Å². The summed E-state index contributed by atoms with van der Waals surface area (Å²) < 4.78 is 16.1. The Morgan fingerprint density at radius 2 is 2.19 bits per heavy atom. The number of ether oxygens (including phenoxy) is 3. The van der Waals surface area contributed by atoms with Crippen molar-refractivity contribution in [1.29, 1.82) is 0 Å². The molecule has 0 spiro atoms. The summed E-state index contributed by atoms with van der Waals surface area (Å²) in [5.41, 5.74) is 1.13. The van der Waals surface area contributed by atoms with Gasteiger partial charge in [-0.1, -0.05) is 0 Å². The summed E-state index contributed by atoms with van der Waals surface area (Å²) in [5.74, 6) is 3.56. The zero-order valence-corrected chi connectivity index (χ0v) is 9.80. The lowest BCUT2D eigenvalue weighted by molar-refractivity contribution is 0.174. The van der Waals surface area contributed by atoms with Crippen LogP contribution in [0.15, 0.2) is 12.1 Å². The van der Waals surface area contributed by atoms with Crippen molar-refractivity contribution in [2.24, 2.45) is 0 Å². The normalized spacial score (nSPS) is 22.4. The average molecular weight is 239 g/mol. The molecule has 86 valence electrons. The first-order chi connectivity index (χ1) is 7.88. The predicted molar refractivity (Wildman–Crippen MR) is 62.3 cm³/mol. The molecule has 0 aromatic heterocycles. The largest absolute Gasteiger partial charge is 0.496 e. The molecule has 1 aromatic rings. The number of benzene rings is 1. The molecular formula is C11H13NO3S. The Bertz CT molecular complexity index is 404. The van der Waals surface area contributed by atoms with E-state index in [9.17, 15) is 0 Å². The molecule has 1 aromatic carbocycles. The summed E-state index contributed by atoms with van der Waals surface area (Å²) in [4.78, 5) is 0. The monoisotopic (exact) mass is 239 g/mol. The summed E-state index contributed by atoms with van der Waals surface area (Å²) in [5, 5.41) is 3.72. The lowest BCUT2D eigenvalue weighted by Gasteiger charge is -2.15. The summed E-state index contributed by atoms with van der Waals surface area (Å²) in [7, 11) is 1.68. The highest BCUT2D eigenvalue weighted by molar-refractivity contribution is 7.99. The smallest absolute Gasteiger partial charge is 0.231 e. The molecule has 0 aliphatic carbocycles. The lowest BCUT2D eigenvalue weighted by atomic mass is 10.1. The van der Waals surface area contributed by atoms with E-state index in [2.05, 4.69) is 5.32 Å². The molecule has 2 heterocycles. The molecule has 1 N–H and O–H groups in total. The highest BCUT2D eigenvalue weighted by atomic mass is 32.2. The second-order valence-corrected chi connectivity index (χ2v) is 4.87. The van der Waals surface area contributed by atoms with Gasteiger partial charge in [0.1, 0.15) is 5.75 Å². The van der Waals surface area contributed by atoms with E-state index in [1.165, 1.54) is 0 Å². The molecule has 4 nitrogen and oxygen atoms in total. The van der Waals surface area contributed by atoms with Gasteiger partial charge in [0.15, 0.2) is 11.5 Å². The van der Waals surface area contributed by atoms with Crippen molar-refractivity contribution in [3.8, 4) is 17.2 Å². The first-order valence-electron chi connectivity index (χ1n) is 5.21. The van der Waals surface area contributed by atoms with E-state index in [0.717, 1.165) is 35.1 Å². The van der Waals surface area contributed by atoms with Crippen molar-refractivity contribution in [3.05, 3.63) is 17.7 Å². The highest BCUT2D eigenvalue weighted by Gasteiger charge is 2.25. The highest BCUT2D eigenvalue weighted by Crippen LogP contribution is 2.43. The van der Waals surface area contributed by atoms with Crippen molar-refractivity contribution in [2.75, 3.05) is 26.2 Å². The van der Waals surface area contributed by atoms with Crippen LogP contribution >= 0.6 is 11.8 Å². The maximum absolute atomic E-state index is 5.39. The van der Waals surface area contributed by atoms with E-state index in [0.29, 0.717) is 12.2 Å². The van der Waals surface area contributed by atoms with Crippen molar-refractivity contribution >= 4 is 11.8 Å². The predicted octanol–water partition coefficient (Wildman–Crippen LogP) is 1.76. The molecular weight excluding hydrogens is 226 g/mol. The molecule has 1 atom stereocenters. The molecule has 2 aliphatic heterocycles. The minimum absolute atomic E-state index is 0.296. The van der Waals surface area contributed by atoms with E-state index in [1.54, 1.807) is 7.11 Å². The third kappa shape index (κ3) is 1.60. The molecule has 0 saturated carbocycles. The summed E-state index contributed by atoms with van der Waals surface area (Å²) >= 11 is 1.88. The van der Waals surface area contributed by atoms with Gasteiger partial charge >= 0.3 is 0 Å². The topological polar surface area (TPSA) is 39.7 Å². The van der Waals surface area contributed by atoms with Crippen molar-refractivity contribution in [3.63, 3.8) is 0 Å². The van der Waals surface area contributed by atoms with Gasteiger partial charge in [0, 0.05) is 23.9 Å². The molecule has 16 heavy (non-hydrogen) atoms. The van der Waals surface area contributed by atoms with Crippen LogP contribution in [0.25, 0.3) is 0 Å². The van der Waals surface area contributed by atoms with E-state index in [4.69, 9.17) is 14.2 Å². The van der Waals surface area contributed by atoms with Crippen LogP contribution in [0.3, 0.4) is 0 Å². The fourth-order valence-corrected chi connectivity index (χ4v) is 3.02. The number of hydrogen-bond donors (Lipinski definition) is 1. The zero-order chi connectivity index (χ0) is 11.0. The van der Waals surface area contributed by atoms with Crippen LogP contribution < -0.4 is 19.5 Å². The SMILES string of the molecule is COc1cc2c(cc1[C@@H]1NCCS1)OCO2. The van der Waals surface area contributed by atoms with Gasteiger partial charge in [-0.05, 0) is 6.07 Å². The van der Waals surface area contributed by atoms with Gasteiger partial charge in [0.05, 0.1) is 12.5 Å². The summed E-state index contributed by atoms with van der Waals surface area (Å²) in [6, 6.07) is 3.91. The standard InChI is InChI=1S/C11H13NO3S/c1-13-8-5-10-9(14-6-15-10)4-7(8)11-12-2-3-16-11/h4-5,11-12H,2-3,6H2,1H3/t11-/m1/s1. The van der Waals surface area contributed by atoms with Gasteiger partial charge in [-0.3, -0.25) is 0 Å². The minimum Gasteiger partial charge on any atom is -0.496 e. The molecule has 5 heteroatoms. The average Bonchev–Trinajstić information content (AvgIpc) is 2.97. The number of nitrogens with one attached hydrogen (secondary N) is 1. The Morgan fingerprint density at radius 3 is 2.88 bits per heavy atom. The van der Waals surface area contributed by atoms with Crippen LogP contribution in [0.5, 0.6) is 17.2 Å². The molecule has 0 radical (unpaired) electrons. The van der Waals surface area contributed by atoms with Crippen LogP contribution in [0.2, 0.25) is 0 Å². The molecule has 0 unspecified atom stereocenters. The number of rotatable bonds is 2. The van der Waals surface area contributed by atoms with Crippen molar-refractivity contribution in [1.82, 2.24) is 5.32 Å². The van der Waals surface area contributed by atoms with Crippen LogP contribution in [-0.2, 0) is 0 Å². The third-order valence-corrected chi connectivity index (χ3v) is 3.92. The van der Waals surface area contributed by atoms with Gasteiger partial charge < -0.3 is 19.5 Å². The number of hydrogen-bond acceptors (Lipinski definition) is 5. The van der Waals surface area contributed by atoms with Gasteiger partial charge in [-0.15, -0.1) is 11.8 Å². The van der Waals surface area contributed by atoms with Gasteiger partial charge in [0.25, 0.3) is 0 Å². The fraction of sp³-hybridized carbons (Fsp3) is 0.455. The quantitative estimate of drug-likeness (QED) is 0.851. The van der Waals surface area contributed by atoms with Gasteiger partial charge in [-0.25, -0.2) is 0 Å². The maximum Gasteiger partial charge on any atom is 0.231 e. The first kappa shape index (κ1) is 10.1. The lowest BCUT2D eigenvalue weighted by Crippen LogP contribution is -2.12. The Morgan fingerprint density at radius 1 is 1.38 bits per heavy atom. The van der Waals surface area contributed by atoms with E-state index < -0.39 is 0 Å². The molecule has 1 saturated heterocycles. The van der Waals surface area contributed by atoms with Crippen LogP contribution in [0.4, 0.5) is 0 Å². The molecule has 1 fully saturated rings. The summed E-state index contributed by atoms with van der Waals surface area (Å²) in [6.45, 7) is 1.33. The van der Waals surface area contributed by atoms with E-state index in [1.807, 2.05) is 23.9 Å².